The molecule has 1 aromatic heterocycles. The molecule has 1 saturated heterocycles. The Morgan fingerprint density at radius 2 is 2.08 bits per heavy atom. The molecular formula is C20H25BrN2OS. The zero-order valence-corrected chi connectivity index (χ0v) is 17.1. The van der Waals surface area contributed by atoms with Gasteiger partial charge in [-0.05, 0) is 41.9 Å². The van der Waals surface area contributed by atoms with Crippen LogP contribution in [0.1, 0.15) is 30.3 Å². The molecule has 0 saturated carbocycles. The van der Waals surface area contributed by atoms with E-state index in [4.69, 9.17) is 0 Å². The second-order valence-electron chi connectivity index (χ2n) is 6.77. The molecule has 0 amide bonds. The van der Waals surface area contributed by atoms with E-state index < -0.39 is 0 Å². The first-order valence-electron chi connectivity index (χ1n) is 8.63. The van der Waals surface area contributed by atoms with Gasteiger partial charge >= 0.3 is 0 Å². The van der Waals surface area contributed by atoms with Crippen LogP contribution in [0.2, 0.25) is 0 Å². The predicted octanol–water partition coefficient (Wildman–Crippen LogP) is 4.89. The molecule has 1 fully saturated rings. The number of para-hydroxylation sites is 1. The number of hydrogen-bond acceptors (Lipinski definition) is 4. The van der Waals surface area contributed by atoms with E-state index in [9.17, 15) is 5.11 Å². The van der Waals surface area contributed by atoms with Crippen molar-refractivity contribution in [2.45, 2.75) is 32.0 Å². The number of phenols is 1. The van der Waals surface area contributed by atoms with Crippen molar-refractivity contribution in [1.82, 2.24) is 9.80 Å². The van der Waals surface area contributed by atoms with E-state index in [1.165, 1.54) is 4.88 Å². The molecule has 25 heavy (non-hydrogen) atoms. The Balaban J connectivity index is 1.98. The lowest BCUT2D eigenvalue weighted by Gasteiger charge is -2.47. The van der Waals surface area contributed by atoms with Gasteiger partial charge in [0, 0.05) is 52.0 Å². The van der Waals surface area contributed by atoms with Gasteiger partial charge in [-0.25, -0.2) is 0 Å². The SMILES string of the molecule is C=CCN1C[C@H](C)N([C@@H](c2cc(Br)cs2)c2ccccc2O)C[C@H]1C. The van der Waals surface area contributed by atoms with Crippen LogP contribution in [-0.2, 0) is 0 Å². The summed E-state index contributed by atoms with van der Waals surface area (Å²) in [7, 11) is 0. The Labute approximate surface area is 162 Å². The lowest BCUT2D eigenvalue weighted by molar-refractivity contribution is 0.0310. The molecule has 1 N–H and O–H groups in total. The van der Waals surface area contributed by atoms with E-state index in [0.717, 1.165) is 29.7 Å². The Bertz CT molecular complexity index is 732. The Morgan fingerprint density at radius 3 is 2.72 bits per heavy atom. The molecule has 1 aliphatic heterocycles. The molecule has 3 rings (SSSR count). The Morgan fingerprint density at radius 1 is 1.32 bits per heavy atom. The van der Waals surface area contributed by atoms with Gasteiger partial charge in [-0.3, -0.25) is 9.80 Å². The summed E-state index contributed by atoms with van der Waals surface area (Å²) in [4.78, 5) is 6.25. The minimum absolute atomic E-state index is 0.0702. The second kappa shape index (κ2) is 8.04. The summed E-state index contributed by atoms with van der Waals surface area (Å²) >= 11 is 5.32. The third kappa shape index (κ3) is 4.00. The highest BCUT2D eigenvalue weighted by molar-refractivity contribution is 9.10. The highest BCUT2D eigenvalue weighted by Crippen LogP contribution is 2.40. The van der Waals surface area contributed by atoms with Gasteiger partial charge in [0.25, 0.3) is 0 Å². The molecule has 0 spiro atoms. The van der Waals surface area contributed by atoms with Crippen LogP contribution in [0.3, 0.4) is 0 Å². The highest BCUT2D eigenvalue weighted by Gasteiger charge is 2.35. The number of piperazine rings is 1. The molecule has 3 nitrogen and oxygen atoms in total. The summed E-state index contributed by atoms with van der Waals surface area (Å²) in [6.45, 7) is 11.3. The average Bonchev–Trinajstić information content (AvgIpc) is 3.00. The maximum Gasteiger partial charge on any atom is 0.120 e. The second-order valence-corrected chi connectivity index (χ2v) is 8.62. The third-order valence-electron chi connectivity index (χ3n) is 4.95. The molecular weight excluding hydrogens is 396 g/mol. The standard InChI is InChI=1S/C20H25BrN2OS/c1-4-9-22-11-15(3)23(12-14(22)2)20(19-10-16(21)13-25-19)17-7-5-6-8-18(17)24/h4-8,10,13-15,20,24H,1,9,11-12H2,2-3H3/t14-,15+,20-/m1/s1. The minimum Gasteiger partial charge on any atom is -0.508 e. The largest absolute Gasteiger partial charge is 0.508 e. The van der Waals surface area contributed by atoms with Gasteiger partial charge in [0.15, 0.2) is 0 Å². The summed E-state index contributed by atoms with van der Waals surface area (Å²) in [5.41, 5.74) is 0.980. The molecule has 0 bridgehead atoms. The van der Waals surface area contributed by atoms with Gasteiger partial charge in [0.05, 0.1) is 6.04 Å². The molecule has 134 valence electrons. The van der Waals surface area contributed by atoms with Gasteiger partial charge in [0.1, 0.15) is 5.75 Å². The van der Waals surface area contributed by atoms with Crippen molar-refractivity contribution >= 4 is 27.3 Å². The van der Waals surface area contributed by atoms with Gasteiger partial charge in [-0.1, -0.05) is 24.3 Å². The summed E-state index contributed by atoms with van der Waals surface area (Å²) in [6.07, 6.45) is 1.98. The first kappa shape index (κ1) is 18.6. The van der Waals surface area contributed by atoms with Crippen LogP contribution in [0.25, 0.3) is 0 Å². The van der Waals surface area contributed by atoms with E-state index in [1.54, 1.807) is 17.4 Å². The molecule has 0 radical (unpaired) electrons. The van der Waals surface area contributed by atoms with Crippen molar-refractivity contribution in [3.05, 3.63) is 63.3 Å². The summed E-state index contributed by atoms with van der Waals surface area (Å²) in [5, 5.41) is 12.6. The number of halogens is 1. The first-order valence-corrected chi connectivity index (χ1v) is 10.3. The third-order valence-corrected chi connectivity index (χ3v) is 6.69. The van der Waals surface area contributed by atoms with Crippen molar-refractivity contribution in [3.8, 4) is 5.75 Å². The molecule has 3 atom stereocenters. The van der Waals surface area contributed by atoms with Crippen LogP contribution in [0.5, 0.6) is 5.75 Å². The number of rotatable bonds is 5. The van der Waals surface area contributed by atoms with Crippen molar-refractivity contribution in [2.75, 3.05) is 19.6 Å². The average molecular weight is 421 g/mol. The number of aromatic hydroxyl groups is 1. The zero-order valence-electron chi connectivity index (χ0n) is 14.7. The van der Waals surface area contributed by atoms with Gasteiger partial charge in [0.2, 0.25) is 0 Å². The van der Waals surface area contributed by atoms with E-state index in [0.29, 0.717) is 17.8 Å². The van der Waals surface area contributed by atoms with Gasteiger partial charge < -0.3 is 5.11 Å². The quantitative estimate of drug-likeness (QED) is 0.697. The lowest BCUT2D eigenvalue weighted by Crippen LogP contribution is -2.57. The molecule has 2 aromatic rings. The maximum atomic E-state index is 10.5. The maximum absolute atomic E-state index is 10.5. The molecule has 1 aromatic carbocycles. The van der Waals surface area contributed by atoms with E-state index in [2.05, 4.69) is 57.6 Å². The van der Waals surface area contributed by atoms with Gasteiger partial charge in [-0.15, -0.1) is 17.9 Å². The zero-order chi connectivity index (χ0) is 18.0. The van der Waals surface area contributed by atoms with Crippen LogP contribution in [-0.4, -0.2) is 46.6 Å². The summed E-state index contributed by atoms with van der Waals surface area (Å²) < 4.78 is 1.10. The normalized spacial score (nSPS) is 23.5. The number of hydrogen-bond donors (Lipinski definition) is 1. The summed E-state index contributed by atoms with van der Waals surface area (Å²) in [6, 6.07) is 10.8. The van der Waals surface area contributed by atoms with Gasteiger partial charge in [-0.2, -0.15) is 0 Å². The lowest BCUT2D eigenvalue weighted by atomic mass is 9.97. The van der Waals surface area contributed by atoms with Crippen LogP contribution >= 0.6 is 27.3 Å². The van der Waals surface area contributed by atoms with Crippen molar-refractivity contribution in [2.24, 2.45) is 0 Å². The van der Waals surface area contributed by atoms with E-state index in [1.807, 2.05) is 24.3 Å². The molecule has 0 aliphatic carbocycles. The topological polar surface area (TPSA) is 26.7 Å². The Hall–Kier alpha value is -1.14. The molecule has 1 aliphatic rings. The minimum atomic E-state index is 0.0702. The molecule has 0 unspecified atom stereocenters. The fraction of sp³-hybridized carbons (Fsp3) is 0.400. The van der Waals surface area contributed by atoms with Crippen LogP contribution in [0.15, 0.2) is 52.8 Å². The van der Waals surface area contributed by atoms with Crippen molar-refractivity contribution in [1.29, 1.82) is 0 Å². The number of phenolic OH excluding ortho intramolecular Hbond substituents is 1. The molecule has 5 heteroatoms. The Kier molecular flexibility index (Phi) is 6.00. The van der Waals surface area contributed by atoms with E-state index >= 15 is 0 Å². The molecule has 2 heterocycles. The smallest absolute Gasteiger partial charge is 0.120 e. The van der Waals surface area contributed by atoms with Crippen LogP contribution < -0.4 is 0 Å². The van der Waals surface area contributed by atoms with E-state index in [-0.39, 0.29) is 6.04 Å². The predicted molar refractivity (Wildman–Crippen MR) is 109 cm³/mol. The number of thiophene rings is 1. The highest BCUT2D eigenvalue weighted by atomic mass is 79.9. The first-order chi connectivity index (χ1) is 12.0. The fourth-order valence-electron chi connectivity index (χ4n) is 3.69. The van der Waals surface area contributed by atoms with Crippen molar-refractivity contribution < 1.29 is 5.11 Å². The summed E-state index contributed by atoms with van der Waals surface area (Å²) in [5.74, 6) is 0.366. The van der Waals surface area contributed by atoms with Crippen molar-refractivity contribution in [3.63, 3.8) is 0 Å². The monoisotopic (exact) mass is 420 g/mol. The number of benzene rings is 1. The van der Waals surface area contributed by atoms with Crippen LogP contribution in [0.4, 0.5) is 0 Å². The number of nitrogens with zero attached hydrogens (tertiary/aromatic N) is 2. The fourth-order valence-corrected chi connectivity index (χ4v) is 5.27. The van der Waals surface area contributed by atoms with Crippen LogP contribution in [0, 0.1) is 0 Å².